The molecule has 2 aromatic rings. The second-order valence-electron chi connectivity index (χ2n) is 9.93. The van der Waals surface area contributed by atoms with Crippen molar-refractivity contribution in [3.8, 4) is 0 Å². The summed E-state index contributed by atoms with van der Waals surface area (Å²) in [4.78, 5) is 54.4. The average Bonchev–Trinajstić information content (AvgIpc) is 3.31. The Balaban J connectivity index is 2.25. The Morgan fingerprint density at radius 2 is 1.67 bits per heavy atom. The topological polar surface area (TPSA) is 192 Å². The van der Waals surface area contributed by atoms with E-state index in [4.69, 9.17) is 11.5 Å². The highest BCUT2D eigenvalue weighted by Gasteiger charge is 2.32. The molecule has 0 saturated heterocycles. The smallest absolute Gasteiger partial charge is 0.326 e. The summed E-state index contributed by atoms with van der Waals surface area (Å²) in [6.45, 7) is 4.06. The number of nitrogens with one attached hydrogen (secondary N) is 4. The molecule has 0 aliphatic heterocycles. The molecule has 1 aromatic carbocycles. The largest absolute Gasteiger partial charge is 0.480 e. The molecule has 0 aliphatic carbocycles. The number of aliphatic carboxylic acids is 1. The Bertz CT molecular complexity index is 1110. The number of benzene rings is 1. The van der Waals surface area contributed by atoms with Gasteiger partial charge in [-0.05, 0) is 55.4 Å². The minimum Gasteiger partial charge on any atom is -0.480 e. The highest BCUT2D eigenvalue weighted by atomic mass is 32.2. The van der Waals surface area contributed by atoms with Gasteiger partial charge in [0.05, 0.1) is 6.04 Å². The molecule has 4 atom stereocenters. The molecule has 0 bridgehead atoms. The van der Waals surface area contributed by atoms with Crippen molar-refractivity contribution in [2.45, 2.75) is 70.1 Å². The van der Waals surface area contributed by atoms with Crippen molar-refractivity contribution in [1.82, 2.24) is 20.9 Å². The van der Waals surface area contributed by atoms with Crippen molar-refractivity contribution in [2.75, 3.05) is 18.6 Å². The lowest BCUT2D eigenvalue weighted by Crippen LogP contribution is -2.58. The Labute approximate surface area is 233 Å². The number of carbonyl (C=O) groups excluding carboxylic acids is 3. The maximum atomic E-state index is 13.4. The van der Waals surface area contributed by atoms with Crippen LogP contribution in [0.5, 0.6) is 0 Å². The van der Waals surface area contributed by atoms with Crippen LogP contribution in [0.3, 0.4) is 0 Å². The standard InChI is InChI=1S/C27H42N6O5S/c1-16(2)23(33-24(34)19(29)9-6-7-12-28)26(36)32-22(25(35)31-21(27(37)38)11-13-39-3)14-17-15-30-20-10-5-4-8-18(17)20/h4-5,8,10,15-16,19,21-23,30H,6-7,9,11-14,28-29H2,1-3H3,(H,31,35)(H,32,36)(H,33,34)(H,37,38). The number of aromatic nitrogens is 1. The van der Waals surface area contributed by atoms with Crippen LogP contribution < -0.4 is 27.4 Å². The molecule has 39 heavy (non-hydrogen) atoms. The van der Waals surface area contributed by atoms with Crippen molar-refractivity contribution in [2.24, 2.45) is 17.4 Å². The van der Waals surface area contributed by atoms with E-state index in [-0.39, 0.29) is 18.8 Å². The van der Waals surface area contributed by atoms with Gasteiger partial charge in [0.1, 0.15) is 18.1 Å². The lowest BCUT2D eigenvalue weighted by Gasteiger charge is -2.27. The summed E-state index contributed by atoms with van der Waals surface area (Å²) in [6, 6.07) is 3.65. The summed E-state index contributed by atoms with van der Waals surface area (Å²) in [5.41, 5.74) is 13.2. The predicted octanol–water partition coefficient (Wildman–Crippen LogP) is 1.11. The zero-order chi connectivity index (χ0) is 28.9. The number of thioether (sulfide) groups is 1. The third-order valence-corrected chi connectivity index (χ3v) is 7.15. The normalized spacial score (nSPS) is 14.4. The number of hydrogen-bond donors (Lipinski definition) is 7. The van der Waals surface area contributed by atoms with Crippen molar-refractivity contribution < 1.29 is 24.3 Å². The lowest BCUT2D eigenvalue weighted by atomic mass is 9.99. The average molecular weight is 563 g/mol. The van der Waals surface area contributed by atoms with E-state index in [1.165, 1.54) is 11.8 Å². The summed E-state index contributed by atoms with van der Waals surface area (Å²) >= 11 is 1.47. The molecule has 0 aliphatic rings. The number of carbonyl (C=O) groups is 4. The first kappa shape index (κ1) is 32.1. The van der Waals surface area contributed by atoms with E-state index in [0.29, 0.717) is 25.1 Å². The first-order valence-electron chi connectivity index (χ1n) is 13.2. The van der Waals surface area contributed by atoms with Gasteiger partial charge in [-0.25, -0.2) is 4.79 Å². The number of para-hydroxylation sites is 1. The first-order chi connectivity index (χ1) is 18.6. The number of nitrogens with two attached hydrogens (primary N) is 2. The van der Waals surface area contributed by atoms with Crippen LogP contribution in [0, 0.1) is 5.92 Å². The number of amides is 3. The molecule has 0 fully saturated rings. The molecule has 3 amide bonds. The minimum atomic E-state index is -1.15. The zero-order valence-corrected chi connectivity index (χ0v) is 23.7. The van der Waals surface area contributed by atoms with Gasteiger partial charge in [0.2, 0.25) is 17.7 Å². The predicted molar refractivity (Wildman–Crippen MR) is 154 cm³/mol. The number of aromatic amines is 1. The van der Waals surface area contributed by atoms with Crippen LogP contribution >= 0.6 is 11.8 Å². The van der Waals surface area contributed by atoms with Crippen molar-refractivity contribution >= 4 is 46.4 Å². The van der Waals surface area contributed by atoms with Gasteiger partial charge in [-0.15, -0.1) is 0 Å². The quantitative estimate of drug-likeness (QED) is 0.139. The molecule has 1 aromatic heterocycles. The van der Waals surface area contributed by atoms with Gasteiger partial charge in [0.25, 0.3) is 0 Å². The van der Waals surface area contributed by atoms with Crippen molar-refractivity contribution in [1.29, 1.82) is 0 Å². The van der Waals surface area contributed by atoms with E-state index >= 15 is 0 Å². The van der Waals surface area contributed by atoms with E-state index in [9.17, 15) is 24.3 Å². The van der Waals surface area contributed by atoms with Gasteiger partial charge >= 0.3 is 5.97 Å². The summed E-state index contributed by atoms with van der Waals surface area (Å²) < 4.78 is 0. The highest BCUT2D eigenvalue weighted by molar-refractivity contribution is 7.98. The van der Waals surface area contributed by atoms with Crippen LogP contribution in [-0.4, -0.2) is 76.5 Å². The monoisotopic (exact) mass is 562 g/mol. The third kappa shape index (κ3) is 9.86. The van der Waals surface area contributed by atoms with Crippen LogP contribution in [0.1, 0.15) is 45.1 Å². The lowest BCUT2D eigenvalue weighted by molar-refractivity contribution is -0.142. The van der Waals surface area contributed by atoms with Gasteiger partial charge < -0.3 is 37.5 Å². The first-order valence-corrected chi connectivity index (χ1v) is 14.6. The number of carboxylic acid groups (broad SMARTS) is 1. The molecular formula is C27H42N6O5S. The second-order valence-corrected chi connectivity index (χ2v) is 10.9. The van der Waals surface area contributed by atoms with Crippen LogP contribution in [0.15, 0.2) is 30.5 Å². The number of fused-ring (bicyclic) bond motifs is 1. The number of unbranched alkanes of at least 4 members (excludes halogenated alkanes) is 1. The van der Waals surface area contributed by atoms with Crippen LogP contribution in [0.25, 0.3) is 10.9 Å². The minimum absolute atomic E-state index is 0.119. The maximum absolute atomic E-state index is 13.4. The van der Waals surface area contributed by atoms with Crippen LogP contribution in [0.4, 0.5) is 0 Å². The summed E-state index contributed by atoms with van der Waals surface area (Å²) in [7, 11) is 0. The molecule has 9 N–H and O–H groups in total. The van der Waals surface area contributed by atoms with Crippen molar-refractivity contribution in [3.63, 3.8) is 0 Å². The molecule has 0 spiro atoms. The molecule has 1 heterocycles. The molecule has 4 unspecified atom stereocenters. The van der Waals surface area contributed by atoms with E-state index in [1.54, 1.807) is 20.0 Å². The molecular weight excluding hydrogens is 520 g/mol. The maximum Gasteiger partial charge on any atom is 0.326 e. The fourth-order valence-corrected chi connectivity index (χ4v) is 4.66. The number of rotatable bonds is 17. The molecule has 0 radical (unpaired) electrons. The van der Waals surface area contributed by atoms with Crippen LogP contribution in [0.2, 0.25) is 0 Å². The van der Waals surface area contributed by atoms with E-state index in [2.05, 4.69) is 20.9 Å². The number of hydrogen-bond acceptors (Lipinski definition) is 7. The summed E-state index contributed by atoms with van der Waals surface area (Å²) in [5, 5.41) is 18.6. The SMILES string of the molecule is CSCCC(NC(=O)C(Cc1c[nH]c2ccccc12)NC(=O)C(NC(=O)C(N)CCCCN)C(C)C)C(=O)O. The van der Waals surface area contributed by atoms with Gasteiger partial charge in [-0.3, -0.25) is 14.4 Å². The highest BCUT2D eigenvalue weighted by Crippen LogP contribution is 2.19. The van der Waals surface area contributed by atoms with E-state index in [0.717, 1.165) is 22.9 Å². The molecule has 2 rings (SSSR count). The fourth-order valence-electron chi connectivity index (χ4n) is 4.19. The van der Waals surface area contributed by atoms with Gasteiger partial charge in [0.15, 0.2) is 0 Å². The van der Waals surface area contributed by atoms with E-state index < -0.39 is 47.9 Å². The fraction of sp³-hybridized carbons (Fsp3) is 0.556. The van der Waals surface area contributed by atoms with Crippen molar-refractivity contribution in [3.05, 3.63) is 36.0 Å². The number of carboxylic acids is 1. The Kier molecular flexibility index (Phi) is 13.3. The van der Waals surface area contributed by atoms with Gasteiger partial charge in [0, 0.05) is 23.5 Å². The third-order valence-electron chi connectivity index (χ3n) is 6.51. The summed E-state index contributed by atoms with van der Waals surface area (Å²) in [6.07, 6.45) is 5.85. The molecule has 0 saturated carbocycles. The van der Waals surface area contributed by atoms with Gasteiger partial charge in [-0.1, -0.05) is 38.5 Å². The van der Waals surface area contributed by atoms with Crippen LogP contribution in [-0.2, 0) is 25.6 Å². The van der Waals surface area contributed by atoms with Gasteiger partial charge in [-0.2, -0.15) is 11.8 Å². The summed E-state index contributed by atoms with van der Waals surface area (Å²) in [5.74, 6) is -2.52. The Hall–Kier alpha value is -3.09. The molecule has 12 heteroatoms. The molecule has 216 valence electrons. The zero-order valence-electron chi connectivity index (χ0n) is 22.9. The number of H-pyrrole nitrogens is 1. The molecule has 11 nitrogen and oxygen atoms in total. The second kappa shape index (κ2) is 16.1. The van der Waals surface area contributed by atoms with E-state index in [1.807, 2.05) is 30.5 Å². The Morgan fingerprint density at radius 3 is 2.31 bits per heavy atom. The Morgan fingerprint density at radius 1 is 0.974 bits per heavy atom.